The van der Waals surface area contributed by atoms with E-state index in [2.05, 4.69) is 38.2 Å². The maximum atomic E-state index is 12.7. The smallest absolute Gasteiger partial charge is 0.335 e. The van der Waals surface area contributed by atoms with Crippen LogP contribution in [0, 0.1) is 0 Å². The van der Waals surface area contributed by atoms with Gasteiger partial charge in [0.1, 0.15) is 24.9 Å². The number of hydrogen-bond donors (Lipinski definition) is 4. The van der Waals surface area contributed by atoms with Gasteiger partial charge in [-0.2, -0.15) is 0 Å². The predicted octanol–water partition coefficient (Wildman–Crippen LogP) is 9.04. The van der Waals surface area contributed by atoms with Crippen molar-refractivity contribution in [1.82, 2.24) is 0 Å². The molecular weight excluding hydrogens is 704 g/mol. The highest BCUT2D eigenvalue weighted by molar-refractivity contribution is 5.73. The standard InChI is InChI=1S/C44H78O11/c1-3-5-7-9-11-13-15-16-17-18-19-20-21-22-23-25-26-28-30-32-37(45)52-34-36(35-53-44-41(49)39(47)40(48)42(55-44)43(50)51)54-38(46)33-31-29-27-24-14-12-10-8-6-4-2/h8,10,16-17,36,39-42,44,47-49H,3-7,9,11-15,18-35H2,1-2H3,(H,50,51)/b10-8-,17-16-. The number of hydrogen-bond acceptors (Lipinski definition) is 10. The van der Waals surface area contributed by atoms with E-state index in [1.807, 2.05) is 0 Å². The zero-order valence-electron chi connectivity index (χ0n) is 34.4. The van der Waals surface area contributed by atoms with Gasteiger partial charge < -0.3 is 39.4 Å². The summed E-state index contributed by atoms with van der Waals surface area (Å²) in [5.41, 5.74) is 0. The summed E-state index contributed by atoms with van der Waals surface area (Å²) in [6, 6.07) is 0. The first kappa shape index (κ1) is 50.7. The van der Waals surface area contributed by atoms with Crippen molar-refractivity contribution in [3.05, 3.63) is 24.3 Å². The molecule has 0 aromatic heterocycles. The SMILES string of the molecule is CCC/C=C\CCCCCCCC(=O)OC(COC(=O)CCCCCCCCCCC/C=C\CCCCCCCC)COC1OC(C(=O)O)C(O)C(O)C1O. The van der Waals surface area contributed by atoms with Crippen LogP contribution in [-0.2, 0) is 33.3 Å². The van der Waals surface area contributed by atoms with E-state index in [4.69, 9.17) is 18.9 Å². The number of carbonyl (C=O) groups excluding carboxylic acids is 2. The van der Waals surface area contributed by atoms with Crippen molar-refractivity contribution in [2.45, 2.75) is 224 Å². The minimum atomic E-state index is -1.86. The molecule has 0 radical (unpaired) electrons. The second-order valence-electron chi connectivity index (χ2n) is 15.2. The minimum absolute atomic E-state index is 0.173. The summed E-state index contributed by atoms with van der Waals surface area (Å²) in [5, 5.41) is 39.7. The van der Waals surface area contributed by atoms with Crippen LogP contribution in [0.3, 0.4) is 0 Å². The molecule has 1 aliphatic rings. The molecular formula is C44H78O11. The quantitative estimate of drug-likeness (QED) is 0.0272. The molecule has 0 aromatic carbocycles. The van der Waals surface area contributed by atoms with Crippen molar-refractivity contribution in [2.75, 3.05) is 13.2 Å². The van der Waals surface area contributed by atoms with E-state index in [1.54, 1.807) is 0 Å². The number of aliphatic hydroxyl groups excluding tert-OH is 3. The molecule has 0 spiro atoms. The molecule has 0 aliphatic carbocycles. The number of ether oxygens (including phenoxy) is 4. The average molecular weight is 783 g/mol. The van der Waals surface area contributed by atoms with Crippen LogP contribution in [-0.4, -0.2) is 88.4 Å². The van der Waals surface area contributed by atoms with Gasteiger partial charge in [-0.1, -0.05) is 141 Å². The van der Waals surface area contributed by atoms with E-state index < -0.39 is 61.3 Å². The monoisotopic (exact) mass is 783 g/mol. The van der Waals surface area contributed by atoms with Crippen molar-refractivity contribution in [2.24, 2.45) is 0 Å². The van der Waals surface area contributed by atoms with E-state index in [1.165, 1.54) is 83.5 Å². The summed E-state index contributed by atoms with van der Waals surface area (Å²) in [5.74, 6) is -2.46. The number of carbonyl (C=O) groups is 3. The van der Waals surface area contributed by atoms with Crippen LogP contribution in [0.15, 0.2) is 24.3 Å². The number of aliphatic hydroxyl groups is 3. The highest BCUT2D eigenvalue weighted by Gasteiger charge is 2.47. The Morgan fingerprint density at radius 3 is 1.49 bits per heavy atom. The van der Waals surface area contributed by atoms with Crippen molar-refractivity contribution in [3.8, 4) is 0 Å². The van der Waals surface area contributed by atoms with Crippen molar-refractivity contribution in [1.29, 1.82) is 0 Å². The Balaban J connectivity index is 2.33. The fraction of sp³-hybridized carbons (Fsp3) is 0.841. The Bertz CT molecular complexity index is 1020. The van der Waals surface area contributed by atoms with Crippen LogP contribution in [0.25, 0.3) is 0 Å². The molecule has 6 atom stereocenters. The summed E-state index contributed by atoms with van der Waals surface area (Å²) in [6.07, 6.45) is 28.2. The minimum Gasteiger partial charge on any atom is -0.479 e. The first-order valence-corrected chi connectivity index (χ1v) is 21.9. The fourth-order valence-electron chi connectivity index (χ4n) is 6.52. The lowest BCUT2D eigenvalue weighted by molar-refractivity contribution is -0.298. The first-order valence-electron chi connectivity index (χ1n) is 21.9. The van der Waals surface area contributed by atoms with Crippen LogP contribution in [0.1, 0.15) is 187 Å². The summed E-state index contributed by atoms with van der Waals surface area (Å²) in [6.45, 7) is 3.73. The zero-order valence-corrected chi connectivity index (χ0v) is 34.4. The Morgan fingerprint density at radius 1 is 0.545 bits per heavy atom. The molecule has 1 rings (SSSR count). The van der Waals surface area contributed by atoms with E-state index in [0.29, 0.717) is 12.8 Å². The highest BCUT2D eigenvalue weighted by atomic mass is 16.7. The van der Waals surface area contributed by atoms with Crippen LogP contribution in [0.4, 0.5) is 0 Å². The highest BCUT2D eigenvalue weighted by Crippen LogP contribution is 2.23. The Hall–Kier alpha value is -2.31. The average Bonchev–Trinajstić information content (AvgIpc) is 3.17. The largest absolute Gasteiger partial charge is 0.479 e. The molecule has 0 aromatic rings. The normalized spacial score (nSPS) is 20.6. The number of aliphatic carboxylic acids is 1. The van der Waals surface area contributed by atoms with E-state index in [9.17, 15) is 34.8 Å². The third-order valence-corrected chi connectivity index (χ3v) is 10.0. The van der Waals surface area contributed by atoms with Crippen LogP contribution < -0.4 is 0 Å². The third-order valence-electron chi connectivity index (χ3n) is 10.0. The van der Waals surface area contributed by atoms with Gasteiger partial charge in [0.05, 0.1) is 6.61 Å². The molecule has 11 heteroatoms. The summed E-state index contributed by atoms with van der Waals surface area (Å²) < 4.78 is 21.7. The Labute approximate surface area is 332 Å². The van der Waals surface area contributed by atoms with Gasteiger partial charge in [-0.15, -0.1) is 0 Å². The molecule has 320 valence electrons. The number of esters is 2. The van der Waals surface area contributed by atoms with E-state index in [0.717, 1.165) is 64.2 Å². The Morgan fingerprint density at radius 2 is 1.00 bits per heavy atom. The number of carboxylic acid groups (broad SMARTS) is 1. The maximum absolute atomic E-state index is 12.7. The van der Waals surface area contributed by atoms with Gasteiger partial charge in [-0.3, -0.25) is 9.59 Å². The van der Waals surface area contributed by atoms with Gasteiger partial charge in [-0.05, 0) is 57.8 Å². The van der Waals surface area contributed by atoms with Gasteiger partial charge in [0, 0.05) is 12.8 Å². The maximum Gasteiger partial charge on any atom is 0.335 e. The lowest BCUT2D eigenvalue weighted by Crippen LogP contribution is -2.60. The zero-order chi connectivity index (χ0) is 40.4. The van der Waals surface area contributed by atoms with Gasteiger partial charge in [-0.25, -0.2) is 4.79 Å². The van der Waals surface area contributed by atoms with Gasteiger partial charge in [0.2, 0.25) is 0 Å². The van der Waals surface area contributed by atoms with Crippen molar-refractivity contribution < 1.29 is 53.8 Å². The topological polar surface area (TPSA) is 169 Å². The number of carboxylic acids is 1. The molecule has 6 unspecified atom stereocenters. The van der Waals surface area contributed by atoms with Crippen molar-refractivity contribution in [3.63, 3.8) is 0 Å². The van der Waals surface area contributed by atoms with Crippen LogP contribution in [0.2, 0.25) is 0 Å². The number of allylic oxidation sites excluding steroid dienone is 4. The summed E-state index contributed by atoms with van der Waals surface area (Å²) in [4.78, 5) is 36.7. The van der Waals surface area contributed by atoms with Gasteiger partial charge >= 0.3 is 17.9 Å². The number of unbranched alkanes of at least 4 members (excludes halogenated alkanes) is 21. The summed E-state index contributed by atoms with van der Waals surface area (Å²) in [7, 11) is 0. The molecule has 0 amide bonds. The second-order valence-corrected chi connectivity index (χ2v) is 15.2. The Kier molecular flexibility index (Phi) is 32.2. The molecule has 4 N–H and O–H groups in total. The first-order chi connectivity index (χ1) is 26.7. The van der Waals surface area contributed by atoms with E-state index >= 15 is 0 Å². The molecule has 11 nitrogen and oxygen atoms in total. The molecule has 1 aliphatic heterocycles. The van der Waals surface area contributed by atoms with Gasteiger partial charge in [0.15, 0.2) is 18.5 Å². The molecule has 55 heavy (non-hydrogen) atoms. The molecule has 0 saturated carbocycles. The predicted molar refractivity (Wildman–Crippen MR) is 215 cm³/mol. The van der Waals surface area contributed by atoms with Crippen LogP contribution in [0.5, 0.6) is 0 Å². The third kappa shape index (κ3) is 27.0. The van der Waals surface area contributed by atoms with Crippen molar-refractivity contribution >= 4 is 17.9 Å². The van der Waals surface area contributed by atoms with Crippen LogP contribution >= 0.6 is 0 Å². The summed E-state index contributed by atoms with van der Waals surface area (Å²) >= 11 is 0. The second kappa shape index (κ2) is 34.9. The molecule has 1 fully saturated rings. The lowest BCUT2D eigenvalue weighted by atomic mass is 9.99. The fourth-order valence-corrected chi connectivity index (χ4v) is 6.52. The van der Waals surface area contributed by atoms with Gasteiger partial charge in [0.25, 0.3) is 0 Å². The molecule has 1 heterocycles. The molecule has 0 bridgehead atoms. The van der Waals surface area contributed by atoms with E-state index in [-0.39, 0.29) is 19.4 Å². The lowest BCUT2D eigenvalue weighted by Gasteiger charge is -2.38. The molecule has 1 saturated heterocycles. The number of rotatable bonds is 36.